The molecule has 3 aromatic rings. The molecule has 0 atom stereocenters. The summed E-state index contributed by atoms with van der Waals surface area (Å²) in [5, 5.41) is 9.79. The van der Waals surface area contributed by atoms with Crippen molar-refractivity contribution in [1.82, 2.24) is 15.1 Å². The van der Waals surface area contributed by atoms with Crippen LogP contribution < -0.4 is 16.1 Å². The van der Waals surface area contributed by atoms with Crippen molar-refractivity contribution in [2.75, 3.05) is 5.32 Å². The lowest BCUT2D eigenvalue weighted by Crippen LogP contribution is -2.40. The largest absolute Gasteiger partial charge is 0.347 e. The van der Waals surface area contributed by atoms with E-state index in [0.29, 0.717) is 16.9 Å². The topological polar surface area (TPSA) is 93.1 Å². The van der Waals surface area contributed by atoms with E-state index in [4.69, 9.17) is 0 Å². The van der Waals surface area contributed by atoms with Crippen LogP contribution in [0.25, 0.3) is 5.69 Å². The van der Waals surface area contributed by atoms with Gasteiger partial charge in [0, 0.05) is 28.6 Å². The highest BCUT2D eigenvalue weighted by atomic mass is 16.2. The number of aromatic nitrogens is 2. The lowest BCUT2D eigenvalue weighted by molar-refractivity contribution is 0.0919. The third-order valence-corrected chi connectivity index (χ3v) is 4.22. The summed E-state index contributed by atoms with van der Waals surface area (Å²) in [4.78, 5) is 37.2. The number of hydrogen-bond acceptors (Lipinski definition) is 4. The van der Waals surface area contributed by atoms with Crippen LogP contribution in [0.3, 0.4) is 0 Å². The molecule has 1 aromatic heterocycles. The van der Waals surface area contributed by atoms with Gasteiger partial charge in [0.2, 0.25) is 5.43 Å². The average molecular weight is 404 g/mol. The molecule has 0 spiro atoms. The Labute approximate surface area is 174 Å². The minimum Gasteiger partial charge on any atom is -0.347 e. The van der Waals surface area contributed by atoms with Crippen LogP contribution in [0.4, 0.5) is 5.69 Å². The second-order valence-electron chi connectivity index (χ2n) is 7.98. The first-order valence-electron chi connectivity index (χ1n) is 9.54. The molecule has 0 aliphatic heterocycles. The lowest BCUT2D eigenvalue weighted by atomic mass is 10.1. The van der Waals surface area contributed by atoms with Crippen molar-refractivity contribution < 1.29 is 9.59 Å². The zero-order chi connectivity index (χ0) is 21.9. The SMILES string of the molecule is Cc1cc(=O)c(C(=O)Nc2ccc(C(=O)NC(C)(C)C)cc2)nn1-c1ccccc1. The number of nitrogens with one attached hydrogen (secondary N) is 2. The molecule has 154 valence electrons. The molecule has 0 fully saturated rings. The van der Waals surface area contributed by atoms with E-state index in [1.54, 1.807) is 35.9 Å². The minimum absolute atomic E-state index is 0.202. The number of aryl methyl sites for hydroxylation is 1. The molecular weight excluding hydrogens is 380 g/mol. The van der Waals surface area contributed by atoms with Gasteiger partial charge in [-0.1, -0.05) is 18.2 Å². The maximum atomic E-state index is 12.7. The zero-order valence-corrected chi connectivity index (χ0v) is 17.4. The summed E-state index contributed by atoms with van der Waals surface area (Å²) < 4.78 is 1.55. The van der Waals surface area contributed by atoms with Crippen LogP contribution in [-0.4, -0.2) is 27.1 Å². The van der Waals surface area contributed by atoms with Gasteiger partial charge in [-0.3, -0.25) is 14.4 Å². The van der Waals surface area contributed by atoms with E-state index >= 15 is 0 Å². The number of anilines is 1. The first-order valence-corrected chi connectivity index (χ1v) is 9.54. The Morgan fingerprint density at radius 1 is 0.933 bits per heavy atom. The molecule has 3 rings (SSSR count). The molecule has 0 aliphatic carbocycles. The third-order valence-electron chi connectivity index (χ3n) is 4.22. The molecule has 2 N–H and O–H groups in total. The second kappa shape index (κ2) is 8.32. The Kier molecular flexibility index (Phi) is 5.82. The summed E-state index contributed by atoms with van der Waals surface area (Å²) >= 11 is 0. The van der Waals surface area contributed by atoms with E-state index in [1.165, 1.54) is 6.07 Å². The first kappa shape index (κ1) is 21.0. The molecule has 7 heteroatoms. The van der Waals surface area contributed by atoms with Gasteiger partial charge in [0.25, 0.3) is 11.8 Å². The Balaban J connectivity index is 1.81. The fraction of sp³-hybridized carbons (Fsp3) is 0.217. The molecule has 0 radical (unpaired) electrons. The van der Waals surface area contributed by atoms with Crippen LogP contribution in [0.15, 0.2) is 65.5 Å². The average Bonchev–Trinajstić information content (AvgIpc) is 2.68. The first-order chi connectivity index (χ1) is 14.1. The van der Waals surface area contributed by atoms with Gasteiger partial charge in [0.15, 0.2) is 5.69 Å². The molecule has 0 saturated heterocycles. The molecule has 0 saturated carbocycles. The third kappa shape index (κ3) is 5.00. The number of nitrogens with zero attached hydrogens (tertiary/aromatic N) is 2. The zero-order valence-electron chi connectivity index (χ0n) is 17.4. The number of carbonyl (C=O) groups is 2. The maximum Gasteiger partial charge on any atom is 0.280 e. The molecular formula is C23H24N4O3. The molecule has 0 bridgehead atoms. The Hall–Kier alpha value is -3.74. The van der Waals surface area contributed by atoms with Crippen LogP contribution in [0, 0.1) is 6.92 Å². The van der Waals surface area contributed by atoms with Gasteiger partial charge in [0.05, 0.1) is 5.69 Å². The number of carbonyl (C=O) groups excluding carboxylic acids is 2. The summed E-state index contributed by atoms with van der Waals surface area (Å²) in [6, 6.07) is 17.1. The molecule has 0 unspecified atom stereocenters. The van der Waals surface area contributed by atoms with Crippen LogP contribution in [0.1, 0.15) is 47.3 Å². The quantitative estimate of drug-likeness (QED) is 0.698. The number of amides is 2. The predicted molar refractivity (Wildman–Crippen MR) is 116 cm³/mol. The van der Waals surface area contributed by atoms with Crippen LogP contribution >= 0.6 is 0 Å². The molecule has 2 amide bonds. The van der Waals surface area contributed by atoms with E-state index in [1.807, 2.05) is 51.1 Å². The molecule has 0 aliphatic rings. The monoisotopic (exact) mass is 404 g/mol. The van der Waals surface area contributed by atoms with Crippen LogP contribution in [0.5, 0.6) is 0 Å². The minimum atomic E-state index is -0.614. The van der Waals surface area contributed by atoms with E-state index in [9.17, 15) is 14.4 Å². The smallest absolute Gasteiger partial charge is 0.280 e. The van der Waals surface area contributed by atoms with Crippen molar-refractivity contribution in [1.29, 1.82) is 0 Å². The summed E-state index contributed by atoms with van der Waals surface area (Å²) in [6.45, 7) is 7.45. The van der Waals surface area contributed by atoms with Gasteiger partial charge in [-0.2, -0.15) is 5.10 Å². The van der Waals surface area contributed by atoms with Crippen molar-refractivity contribution in [2.24, 2.45) is 0 Å². The Morgan fingerprint density at radius 2 is 1.57 bits per heavy atom. The summed E-state index contributed by atoms with van der Waals surface area (Å²) in [5.74, 6) is -0.817. The fourth-order valence-corrected chi connectivity index (χ4v) is 2.84. The molecule has 7 nitrogen and oxygen atoms in total. The maximum absolute atomic E-state index is 12.7. The van der Waals surface area contributed by atoms with Crippen LogP contribution in [0.2, 0.25) is 0 Å². The van der Waals surface area contributed by atoms with Crippen molar-refractivity contribution in [3.05, 3.63) is 87.8 Å². The van der Waals surface area contributed by atoms with Gasteiger partial charge >= 0.3 is 0 Å². The number of hydrogen-bond donors (Lipinski definition) is 2. The number of para-hydroxylation sites is 1. The molecule has 30 heavy (non-hydrogen) atoms. The summed E-state index contributed by atoms with van der Waals surface area (Å²) in [7, 11) is 0. The van der Waals surface area contributed by atoms with Crippen LogP contribution in [-0.2, 0) is 0 Å². The Bertz CT molecular complexity index is 1130. The standard InChI is InChI=1S/C23H24N4O3/c1-15-14-19(28)20(26-27(15)18-8-6-5-7-9-18)22(30)24-17-12-10-16(11-13-17)21(29)25-23(2,3)4/h5-14H,1-4H3,(H,24,30)(H,25,29). The van der Waals surface area contributed by atoms with Gasteiger partial charge in [-0.25, -0.2) is 4.68 Å². The van der Waals surface area contributed by atoms with E-state index in [-0.39, 0.29) is 17.1 Å². The van der Waals surface area contributed by atoms with Crippen molar-refractivity contribution in [2.45, 2.75) is 33.2 Å². The highest BCUT2D eigenvalue weighted by Gasteiger charge is 2.17. The summed E-state index contributed by atoms with van der Waals surface area (Å²) in [6.07, 6.45) is 0. The number of benzene rings is 2. The van der Waals surface area contributed by atoms with Gasteiger partial charge < -0.3 is 10.6 Å². The second-order valence-corrected chi connectivity index (χ2v) is 7.98. The van der Waals surface area contributed by atoms with E-state index < -0.39 is 11.3 Å². The van der Waals surface area contributed by atoms with Gasteiger partial charge in [-0.15, -0.1) is 0 Å². The lowest BCUT2D eigenvalue weighted by Gasteiger charge is -2.20. The van der Waals surface area contributed by atoms with Gasteiger partial charge in [-0.05, 0) is 64.1 Å². The predicted octanol–water partition coefficient (Wildman–Crippen LogP) is 3.32. The number of rotatable bonds is 4. The Morgan fingerprint density at radius 3 is 2.17 bits per heavy atom. The normalized spacial score (nSPS) is 11.1. The van der Waals surface area contributed by atoms with E-state index in [0.717, 1.165) is 5.69 Å². The summed E-state index contributed by atoms with van der Waals surface area (Å²) in [5.41, 5.74) is 1.29. The molecule has 1 heterocycles. The van der Waals surface area contributed by atoms with Crippen molar-refractivity contribution in [3.8, 4) is 5.69 Å². The van der Waals surface area contributed by atoms with Gasteiger partial charge in [0.1, 0.15) is 0 Å². The van der Waals surface area contributed by atoms with Crippen molar-refractivity contribution >= 4 is 17.5 Å². The van der Waals surface area contributed by atoms with E-state index in [2.05, 4.69) is 15.7 Å². The highest BCUT2D eigenvalue weighted by molar-refractivity contribution is 6.03. The molecule has 2 aromatic carbocycles. The highest BCUT2D eigenvalue weighted by Crippen LogP contribution is 2.13. The fourth-order valence-electron chi connectivity index (χ4n) is 2.84. The van der Waals surface area contributed by atoms with Crippen molar-refractivity contribution in [3.63, 3.8) is 0 Å².